The van der Waals surface area contributed by atoms with E-state index in [-0.39, 0.29) is 16.8 Å². The van der Waals surface area contributed by atoms with E-state index in [1.807, 2.05) is 19.1 Å². The second-order valence-electron chi connectivity index (χ2n) is 4.33. The zero-order valence-corrected chi connectivity index (χ0v) is 12.2. The van der Waals surface area contributed by atoms with Crippen molar-refractivity contribution in [3.8, 4) is 0 Å². The summed E-state index contributed by atoms with van der Waals surface area (Å²) in [4.78, 5) is 11.8. The Bertz CT molecular complexity index is 686. The number of nitrogens with zero attached hydrogens (tertiary/aromatic N) is 3. The molecule has 0 radical (unpaired) electrons. The number of aryl methyl sites for hydroxylation is 1. The Kier molecular flexibility index (Phi) is 4.59. The lowest BCUT2D eigenvalue weighted by Gasteiger charge is -2.08. The van der Waals surface area contributed by atoms with Gasteiger partial charge in [0.1, 0.15) is 0 Å². The fourth-order valence-electron chi connectivity index (χ4n) is 1.60. The van der Waals surface area contributed by atoms with Crippen LogP contribution in [0.3, 0.4) is 0 Å². The molecule has 22 heavy (non-hydrogen) atoms. The van der Waals surface area contributed by atoms with Gasteiger partial charge in [-0.1, -0.05) is 30.0 Å². The average Bonchev–Trinajstić information content (AvgIpc) is 2.80. The van der Waals surface area contributed by atoms with Crippen LogP contribution in [-0.4, -0.2) is 26.5 Å². The van der Waals surface area contributed by atoms with Gasteiger partial charge >= 0.3 is 6.18 Å². The number of rotatable bonds is 4. The van der Waals surface area contributed by atoms with Gasteiger partial charge in [0.2, 0.25) is 11.1 Å². The lowest BCUT2D eigenvalue weighted by molar-refractivity contribution is -0.146. The van der Waals surface area contributed by atoms with Gasteiger partial charge in [0, 0.05) is 5.69 Å². The minimum absolute atomic E-state index is 0.137. The van der Waals surface area contributed by atoms with Crippen LogP contribution in [0.2, 0.25) is 0 Å². The number of aromatic nitrogens is 3. The van der Waals surface area contributed by atoms with E-state index in [1.54, 1.807) is 12.1 Å². The van der Waals surface area contributed by atoms with Gasteiger partial charge in [0.15, 0.2) is 0 Å². The summed E-state index contributed by atoms with van der Waals surface area (Å²) in [5.41, 5.74) is 1.51. The molecular weight excluding hydrogens is 319 g/mol. The van der Waals surface area contributed by atoms with E-state index in [4.69, 9.17) is 5.84 Å². The van der Waals surface area contributed by atoms with E-state index < -0.39 is 12.0 Å². The maximum Gasteiger partial charge on any atom is 0.453 e. The summed E-state index contributed by atoms with van der Waals surface area (Å²) in [6.07, 6.45) is -4.69. The van der Waals surface area contributed by atoms with Crippen LogP contribution in [0.15, 0.2) is 29.4 Å². The van der Waals surface area contributed by atoms with Crippen LogP contribution in [0.4, 0.5) is 18.9 Å². The zero-order valence-electron chi connectivity index (χ0n) is 11.4. The van der Waals surface area contributed by atoms with Gasteiger partial charge in [-0.05, 0) is 18.6 Å². The molecule has 10 heteroatoms. The highest BCUT2D eigenvalue weighted by Crippen LogP contribution is 2.28. The number of nitrogen functional groups attached to an aromatic ring is 1. The number of anilines is 1. The molecule has 1 amide bonds. The van der Waals surface area contributed by atoms with Gasteiger partial charge in [0.25, 0.3) is 5.82 Å². The number of halogens is 3. The van der Waals surface area contributed by atoms with Crippen LogP contribution in [0.25, 0.3) is 0 Å². The lowest BCUT2D eigenvalue weighted by atomic mass is 10.2. The van der Waals surface area contributed by atoms with Crippen LogP contribution in [-0.2, 0) is 11.0 Å². The number of carbonyl (C=O) groups is 1. The lowest BCUT2D eigenvalue weighted by Crippen LogP contribution is -2.22. The van der Waals surface area contributed by atoms with Crippen molar-refractivity contribution in [2.24, 2.45) is 0 Å². The minimum atomic E-state index is -4.69. The molecule has 2 rings (SSSR count). The van der Waals surface area contributed by atoms with Gasteiger partial charge < -0.3 is 11.2 Å². The van der Waals surface area contributed by atoms with Crippen molar-refractivity contribution in [3.63, 3.8) is 0 Å². The van der Waals surface area contributed by atoms with Crippen molar-refractivity contribution < 1.29 is 18.0 Å². The van der Waals surface area contributed by atoms with E-state index in [0.717, 1.165) is 17.3 Å². The quantitative estimate of drug-likeness (QED) is 0.661. The Hall–Kier alpha value is -2.23. The average molecular weight is 331 g/mol. The predicted octanol–water partition coefficient (Wildman–Crippen LogP) is 2.05. The highest BCUT2D eigenvalue weighted by Gasteiger charge is 2.38. The molecular formula is C12H12F3N5OS. The van der Waals surface area contributed by atoms with Crippen LogP contribution >= 0.6 is 11.8 Å². The zero-order chi connectivity index (χ0) is 16.3. The minimum Gasteiger partial charge on any atom is -0.335 e. The second kappa shape index (κ2) is 6.26. The van der Waals surface area contributed by atoms with Gasteiger partial charge in [0.05, 0.1) is 5.75 Å². The first-order chi connectivity index (χ1) is 10.3. The topological polar surface area (TPSA) is 85.8 Å². The number of nitrogens with two attached hydrogens (primary N) is 1. The first kappa shape index (κ1) is 16.1. The van der Waals surface area contributed by atoms with Crippen LogP contribution in [0.5, 0.6) is 0 Å². The fourth-order valence-corrected chi connectivity index (χ4v) is 2.25. The Morgan fingerprint density at radius 2 is 2.05 bits per heavy atom. The molecule has 0 saturated carbocycles. The molecule has 0 bridgehead atoms. The first-order valence-corrected chi connectivity index (χ1v) is 7.03. The van der Waals surface area contributed by atoms with E-state index >= 15 is 0 Å². The maximum absolute atomic E-state index is 12.5. The van der Waals surface area contributed by atoms with Crippen molar-refractivity contribution in [1.82, 2.24) is 14.9 Å². The number of hydrogen-bond acceptors (Lipinski definition) is 5. The number of alkyl halides is 3. The smallest absolute Gasteiger partial charge is 0.335 e. The van der Waals surface area contributed by atoms with E-state index in [1.165, 1.54) is 0 Å². The van der Waals surface area contributed by atoms with Crippen molar-refractivity contribution in [2.45, 2.75) is 18.3 Å². The number of para-hydroxylation sites is 1. The number of benzene rings is 1. The summed E-state index contributed by atoms with van der Waals surface area (Å²) in [7, 11) is 0. The standard InChI is InChI=1S/C12H12F3N5OS/c1-7-4-2-3-5-8(7)17-9(21)6-22-11-19-18-10(20(11)16)12(13,14)15/h2-5H,6,16H2,1H3,(H,17,21). The molecule has 1 aromatic heterocycles. The fraction of sp³-hybridized carbons (Fsp3) is 0.250. The third kappa shape index (κ3) is 3.70. The Morgan fingerprint density at radius 1 is 1.36 bits per heavy atom. The molecule has 0 unspecified atom stereocenters. The van der Waals surface area contributed by atoms with Crippen molar-refractivity contribution >= 4 is 23.4 Å². The molecule has 2 aromatic rings. The number of amides is 1. The number of thioether (sulfide) groups is 1. The molecule has 0 aliphatic heterocycles. The van der Waals surface area contributed by atoms with Gasteiger partial charge in [-0.2, -0.15) is 13.2 Å². The molecule has 0 aliphatic rings. The van der Waals surface area contributed by atoms with E-state index in [2.05, 4.69) is 15.5 Å². The third-order valence-electron chi connectivity index (χ3n) is 2.67. The summed E-state index contributed by atoms with van der Waals surface area (Å²) < 4.78 is 37.8. The number of carbonyl (C=O) groups excluding carboxylic acids is 1. The highest BCUT2D eigenvalue weighted by atomic mass is 32.2. The van der Waals surface area contributed by atoms with Crippen molar-refractivity contribution in [2.75, 3.05) is 16.9 Å². The molecule has 3 N–H and O–H groups in total. The second-order valence-corrected chi connectivity index (χ2v) is 5.27. The molecule has 0 atom stereocenters. The first-order valence-electron chi connectivity index (χ1n) is 6.05. The Labute approximate surface area is 127 Å². The Balaban J connectivity index is 1.98. The van der Waals surface area contributed by atoms with Crippen LogP contribution in [0.1, 0.15) is 11.4 Å². The summed E-state index contributed by atoms with van der Waals surface area (Å²) in [5.74, 6) is 3.44. The summed E-state index contributed by atoms with van der Waals surface area (Å²) in [6.45, 7) is 1.83. The maximum atomic E-state index is 12.5. The number of hydrogen-bond donors (Lipinski definition) is 2. The summed E-state index contributed by atoms with van der Waals surface area (Å²) in [5, 5.41) is 8.77. The van der Waals surface area contributed by atoms with E-state index in [0.29, 0.717) is 10.4 Å². The van der Waals surface area contributed by atoms with Crippen LogP contribution in [0, 0.1) is 6.92 Å². The van der Waals surface area contributed by atoms with Crippen LogP contribution < -0.4 is 11.2 Å². The van der Waals surface area contributed by atoms with Gasteiger partial charge in [-0.25, -0.2) is 4.68 Å². The van der Waals surface area contributed by atoms with E-state index in [9.17, 15) is 18.0 Å². The highest BCUT2D eigenvalue weighted by molar-refractivity contribution is 7.99. The normalized spacial score (nSPS) is 11.5. The summed E-state index contributed by atoms with van der Waals surface area (Å²) in [6, 6.07) is 7.15. The third-order valence-corrected chi connectivity index (χ3v) is 3.61. The predicted molar refractivity (Wildman–Crippen MR) is 75.7 cm³/mol. The van der Waals surface area contributed by atoms with Crippen molar-refractivity contribution in [3.05, 3.63) is 35.7 Å². The van der Waals surface area contributed by atoms with Gasteiger partial charge in [-0.3, -0.25) is 4.79 Å². The molecule has 1 aromatic carbocycles. The monoisotopic (exact) mass is 331 g/mol. The molecule has 1 heterocycles. The molecule has 118 valence electrons. The molecule has 0 fully saturated rings. The number of nitrogens with one attached hydrogen (secondary N) is 1. The molecule has 0 spiro atoms. The molecule has 0 aliphatic carbocycles. The SMILES string of the molecule is Cc1ccccc1NC(=O)CSc1nnc(C(F)(F)F)n1N. The molecule has 0 saturated heterocycles. The molecule has 6 nitrogen and oxygen atoms in total. The Morgan fingerprint density at radius 3 is 2.64 bits per heavy atom. The van der Waals surface area contributed by atoms with Crippen molar-refractivity contribution in [1.29, 1.82) is 0 Å². The summed E-state index contributed by atoms with van der Waals surface area (Å²) >= 11 is 0.770. The largest absolute Gasteiger partial charge is 0.453 e. The van der Waals surface area contributed by atoms with Gasteiger partial charge in [-0.15, -0.1) is 10.2 Å².